The van der Waals surface area contributed by atoms with Crippen LogP contribution in [0, 0.1) is 0 Å². The van der Waals surface area contributed by atoms with Gasteiger partial charge in [0, 0.05) is 0 Å². The SMILES string of the molecule is Bc1ccc([C@@H]2CC[C@](N)(C(=O)O)C2)cc1. The van der Waals surface area contributed by atoms with Gasteiger partial charge in [0.05, 0.1) is 0 Å². The largest absolute Gasteiger partial charge is 0.480 e. The van der Waals surface area contributed by atoms with Gasteiger partial charge >= 0.3 is 5.97 Å². The Morgan fingerprint density at radius 3 is 2.56 bits per heavy atom. The summed E-state index contributed by atoms with van der Waals surface area (Å²) in [7, 11) is 2.04. The zero-order valence-corrected chi connectivity index (χ0v) is 9.44. The second-order valence-corrected chi connectivity index (χ2v) is 4.81. The van der Waals surface area contributed by atoms with E-state index in [-0.39, 0.29) is 0 Å². The maximum Gasteiger partial charge on any atom is 0.323 e. The van der Waals surface area contributed by atoms with Crippen LogP contribution in [0.1, 0.15) is 30.7 Å². The number of carboxylic acids is 1. The monoisotopic (exact) mass is 217 g/mol. The predicted octanol–water partition coefficient (Wildman–Crippen LogP) is -0.00540. The van der Waals surface area contributed by atoms with E-state index in [4.69, 9.17) is 10.8 Å². The molecule has 0 amide bonds. The van der Waals surface area contributed by atoms with Gasteiger partial charge < -0.3 is 10.8 Å². The summed E-state index contributed by atoms with van der Waals surface area (Å²) in [6, 6.07) is 8.28. The van der Waals surface area contributed by atoms with Gasteiger partial charge in [-0.3, -0.25) is 4.79 Å². The molecular formula is C12H16BNO2. The molecule has 84 valence electrons. The van der Waals surface area contributed by atoms with Crippen molar-refractivity contribution in [2.45, 2.75) is 30.7 Å². The standard InChI is InChI=1S/C12H16BNO2/c13-10-3-1-8(2-4-10)9-5-6-12(14,7-9)11(15)16/h1-4,9H,5-7,13-14H2,(H,15,16)/t9-,12-/m1/s1. The summed E-state index contributed by atoms with van der Waals surface area (Å²) in [5.74, 6) is -0.580. The van der Waals surface area contributed by atoms with Gasteiger partial charge in [0.25, 0.3) is 0 Å². The minimum absolute atomic E-state index is 0.293. The van der Waals surface area contributed by atoms with Crippen LogP contribution in [0.25, 0.3) is 0 Å². The van der Waals surface area contributed by atoms with Gasteiger partial charge in [-0.25, -0.2) is 0 Å². The third-order valence-corrected chi connectivity index (χ3v) is 3.52. The quantitative estimate of drug-likeness (QED) is 0.685. The van der Waals surface area contributed by atoms with Crippen molar-refractivity contribution in [3.05, 3.63) is 29.8 Å². The highest BCUT2D eigenvalue weighted by Crippen LogP contribution is 2.39. The average Bonchev–Trinajstić information content (AvgIpc) is 2.63. The lowest BCUT2D eigenvalue weighted by molar-refractivity contribution is -0.143. The molecule has 0 aliphatic heterocycles. The van der Waals surface area contributed by atoms with Crippen molar-refractivity contribution < 1.29 is 9.90 Å². The topological polar surface area (TPSA) is 63.3 Å². The van der Waals surface area contributed by atoms with Crippen molar-refractivity contribution >= 4 is 19.3 Å². The molecule has 0 aromatic heterocycles. The molecule has 0 heterocycles. The van der Waals surface area contributed by atoms with Crippen LogP contribution in [0.4, 0.5) is 0 Å². The molecule has 0 radical (unpaired) electrons. The molecular weight excluding hydrogens is 201 g/mol. The molecule has 1 aromatic rings. The van der Waals surface area contributed by atoms with Gasteiger partial charge in [-0.1, -0.05) is 29.7 Å². The third kappa shape index (κ3) is 1.98. The Hall–Kier alpha value is -1.29. The van der Waals surface area contributed by atoms with E-state index in [1.165, 1.54) is 11.0 Å². The minimum Gasteiger partial charge on any atom is -0.480 e. The lowest BCUT2D eigenvalue weighted by Gasteiger charge is -2.18. The number of benzene rings is 1. The highest BCUT2D eigenvalue weighted by atomic mass is 16.4. The Morgan fingerprint density at radius 2 is 2.06 bits per heavy atom. The number of carbonyl (C=O) groups is 1. The van der Waals surface area contributed by atoms with E-state index in [9.17, 15) is 4.79 Å². The van der Waals surface area contributed by atoms with Crippen LogP contribution < -0.4 is 11.2 Å². The highest BCUT2D eigenvalue weighted by Gasteiger charge is 2.42. The van der Waals surface area contributed by atoms with Crippen molar-refractivity contribution in [1.29, 1.82) is 0 Å². The summed E-state index contributed by atoms with van der Waals surface area (Å²) in [6.07, 6.45) is 1.98. The lowest BCUT2D eigenvalue weighted by atomic mass is 9.89. The first-order valence-electron chi connectivity index (χ1n) is 5.60. The summed E-state index contributed by atoms with van der Waals surface area (Å²) in [6.45, 7) is 0. The van der Waals surface area contributed by atoms with Crippen molar-refractivity contribution in [1.82, 2.24) is 0 Å². The average molecular weight is 217 g/mol. The maximum absolute atomic E-state index is 11.0. The summed E-state index contributed by atoms with van der Waals surface area (Å²) in [4.78, 5) is 11.0. The molecule has 3 nitrogen and oxygen atoms in total. The lowest BCUT2D eigenvalue weighted by Crippen LogP contribution is -2.45. The van der Waals surface area contributed by atoms with Crippen LogP contribution in [0.5, 0.6) is 0 Å². The van der Waals surface area contributed by atoms with E-state index < -0.39 is 11.5 Å². The molecule has 0 unspecified atom stereocenters. The first kappa shape index (κ1) is 11.2. The van der Waals surface area contributed by atoms with Crippen molar-refractivity contribution in [3.8, 4) is 0 Å². The van der Waals surface area contributed by atoms with Crippen LogP contribution in [-0.4, -0.2) is 24.5 Å². The maximum atomic E-state index is 11.0. The second-order valence-electron chi connectivity index (χ2n) is 4.81. The third-order valence-electron chi connectivity index (χ3n) is 3.52. The van der Waals surface area contributed by atoms with E-state index in [1.54, 1.807) is 0 Å². The minimum atomic E-state index is -1.02. The Bertz CT molecular complexity index is 404. The number of carboxylic acid groups (broad SMARTS) is 1. The van der Waals surface area contributed by atoms with E-state index in [1.807, 2.05) is 7.85 Å². The molecule has 2 atom stereocenters. The molecule has 0 saturated heterocycles. The fourth-order valence-electron chi connectivity index (χ4n) is 2.39. The molecule has 0 spiro atoms. The van der Waals surface area contributed by atoms with E-state index in [2.05, 4.69) is 24.3 Å². The molecule has 1 saturated carbocycles. The number of hydrogen-bond acceptors (Lipinski definition) is 2. The van der Waals surface area contributed by atoms with Crippen LogP contribution in [-0.2, 0) is 4.79 Å². The van der Waals surface area contributed by atoms with Gasteiger partial charge in [-0.2, -0.15) is 0 Å². The summed E-state index contributed by atoms with van der Waals surface area (Å²) in [5, 5.41) is 9.06. The number of nitrogens with two attached hydrogens (primary N) is 1. The molecule has 4 heteroatoms. The molecule has 1 fully saturated rings. The first-order chi connectivity index (χ1) is 7.51. The van der Waals surface area contributed by atoms with Crippen molar-refractivity contribution in [3.63, 3.8) is 0 Å². The number of hydrogen-bond donors (Lipinski definition) is 2. The second kappa shape index (κ2) is 3.94. The Labute approximate surface area is 96.1 Å². The molecule has 0 bridgehead atoms. The molecule has 1 aliphatic rings. The molecule has 1 aromatic carbocycles. The first-order valence-corrected chi connectivity index (χ1v) is 5.60. The highest BCUT2D eigenvalue weighted by molar-refractivity contribution is 6.32. The summed E-state index contributed by atoms with van der Waals surface area (Å²) < 4.78 is 0. The Morgan fingerprint density at radius 1 is 1.44 bits per heavy atom. The summed E-state index contributed by atoms with van der Waals surface area (Å²) >= 11 is 0. The molecule has 3 N–H and O–H groups in total. The van der Waals surface area contributed by atoms with Gasteiger partial charge in [-0.05, 0) is 30.7 Å². The van der Waals surface area contributed by atoms with Gasteiger partial charge in [0.2, 0.25) is 0 Å². The Balaban J connectivity index is 2.15. The van der Waals surface area contributed by atoms with Crippen molar-refractivity contribution in [2.75, 3.05) is 0 Å². The summed E-state index contributed by atoms with van der Waals surface area (Å²) in [5.41, 5.74) is 7.27. The molecule has 1 aliphatic carbocycles. The zero-order valence-electron chi connectivity index (χ0n) is 9.44. The fourth-order valence-corrected chi connectivity index (χ4v) is 2.39. The smallest absolute Gasteiger partial charge is 0.323 e. The van der Waals surface area contributed by atoms with Crippen LogP contribution in [0.2, 0.25) is 0 Å². The fraction of sp³-hybridized carbons (Fsp3) is 0.417. The van der Waals surface area contributed by atoms with Gasteiger partial charge in [0.1, 0.15) is 13.4 Å². The Kier molecular flexibility index (Phi) is 2.76. The van der Waals surface area contributed by atoms with Gasteiger partial charge in [0.15, 0.2) is 0 Å². The number of rotatable bonds is 2. The van der Waals surface area contributed by atoms with Crippen molar-refractivity contribution in [2.24, 2.45) is 5.73 Å². The predicted molar refractivity (Wildman–Crippen MR) is 65.8 cm³/mol. The van der Waals surface area contributed by atoms with Crippen LogP contribution in [0.3, 0.4) is 0 Å². The number of aliphatic carboxylic acids is 1. The van der Waals surface area contributed by atoms with E-state index in [0.717, 1.165) is 6.42 Å². The van der Waals surface area contributed by atoms with Gasteiger partial charge in [-0.15, -0.1) is 0 Å². The zero-order chi connectivity index (χ0) is 11.8. The van der Waals surface area contributed by atoms with E-state index >= 15 is 0 Å². The van der Waals surface area contributed by atoms with Crippen LogP contribution >= 0.6 is 0 Å². The molecule has 16 heavy (non-hydrogen) atoms. The van der Waals surface area contributed by atoms with E-state index in [0.29, 0.717) is 18.8 Å². The normalized spacial score (nSPS) is 29.2. The molecule has 2 rings (SSSR count). The van der Waals surface area contributed by atoms with Crippen LogP contribution in [0.15, 0.2) is 24.3 Å².